The summed E-state index contributed by atoms with van der Waals surface area (Å²) < 4.78 is 0. The molecule has 0 aliphatic heterocycles. The Morgan fingerprint density at radius 1 is 1.35 bits per heavy atom. The summed E-state index contributed by atoms with van der Waals surface area (Å²) in [6.07, 6.45) is 0. The molecule has 0 saturated carbocycles. The van der Waals surface area contributed by atoms with E-state index in [9.17, 15) is 9.59 Å². The van der Waals surface area contributed by atoms with Gasteiger partial charge in [0, 0.05) is 23.5 Å². The average Bonchev–Trinajstić information content (AvgIpc) is 2.28. The number of fused-ring (bicyclic) bond motifs is 1. The van der Waals surface area contributed by atoms with E-state index in [1.54, 1.807) is 0 Å². The first-order valence-corrected chi connectivity index (χ1v) is 5.27. The Balaban J connectivity index is 2.32. The van der Waals surface area contributed by atoms with Gasteiger partial charge in [0.15, 0.2) is 0 Å². The summed E-state index contributed by atoms with van der Waals surface area (Å²) in [6, 6.07) is 9.05. The number of hydrogen-bond donors (Lipinski definition) is 3. The minimum Gasteiger partial charge on any atom is -0.369 e. The van der Waals surface area contributed by atoms with Crippen LogP contribution in [0.15, 0.2) is 35.1 Å². The number of nitrogens with two attached hydrogens (primary N) is 1. The molecule has 0 aliphatic rings. The van der Waals surface area contributed by atoms with Gasteiger partial charge in [0.1, 0.15) is 0 Å². The summed E-state index contributed by atoms with van der Waals surface area (Å²) in [5.41, 5.74) is 6.52. The van der Waals surface area contributed by atoms with Crippen LogP contribution in [0.5, 0.6) is 0 Å². The van der Waals surface area contributed by atoms with Crippen LogP contribution in [0, 0.1) is 0 Å². The van der Waals surface area contributed by atoms with Crippen molar-refractivity contribution in [2.75, 3.05) is 6.54 Å². The molecule has 1 aromatic carbocycles. The number of carbonyl (C=O) groups is 1. The van der Waals surface area contributed by atoms with Gasteiger partial charge < -0.3 is 16.0 Å². The fourth-order valence-electron chi connectivity index (χ4n) is 1.74. The maximum Gasteiger partial charge on any atom is 0.248 e. The normalized spacial score (nSPS) is 10.6. The van der Waals surface area contributed by atoms with Crippen LogP contribution in [0.4, 0.5) is 0 Å². The summed E-state index contributed by atoms with van der Waals surface area (Å²) in [5, 5.41) is 3.86. The van der Waals surface area contributed by atoms with Crippen molar-refractivity contribution >= 4 is 16.8 Å². The molecule has 0 bridgehead atoms. The molecular weight excluding hydrogens is 218 g/mol. The molecule has 17 heavy (non-hydrogen) atoms. The molecule has 0 aliphatic carbocycles. The molecule has 0 radical (unpaired) electrons. The minimum absolute atomic E-state index is 0.0983. The first kappa shape index (κ1) is 11.3. The zero-order valence-corrected chi connectivity index (χ0v) is 9.19. The van der Waals surface area contributed by atoms with E-state index in [0.29, 0.717) is 6.54 Å². The van der Waals surface area contributed by atoms with Crippen molar-refractivity contribution in [3.05, 3.63) is 46.2 Å². The zero-order chi connectivity index (χ0) is 12.3. The molecule has 1 heterocycles. The molecule has 2 aromatic rings. The number of amides is 1. The molecule has 5 nitrogen and oxygen atoms in total. The van der Waals surface area contributed by atoms with Crippen LogP contribution in [-0.4, -0.2) is 17.4 Å². The van der Waals surface area contributed by atoms with Crippen molar-refractivity contribution in [2.24, 2.45) is 5.73 Å². The highest BCUT2D eigenvalue weighted by Crippen LogP contribution is 2.13. The minimum atomic E-state index is -0.417. The van der Waals surface area contributed by atoms with Gasteiger partial charge in [-0.05, 0) is 11.6 Å². The molecule has 0 fully saturated rings. The van der Waals surface area contributed by atoms with Gasteiger partial charge in [0.25, 0.3) is 0 Å². The number of pyridine rings is 1. The van der Waals surface area contributed by atoms with Crippen LogP contribution in [0.2, 0.25) is 0 Å². The number of para-hydroxylation sites is 1. The first-order chi connectivity index (χ1) is 8.16. The van der Waals surface area contributed by atoms with E-state index in [0.717, 1.165) is 16.5 Å². The molecule has 88 valence electrons. The first-order valence-electron chi connectivity index (χ1n) is 5.27. The quantitative estimate of drug-likeness (QED) is 0.697. The Kier molecular flexibility index (Phi) is 3.20. The van der Waals surface area contributed by atoms with Crippen LogP contribution in [0.3, 0.4) is 0 Å². The van der Waals surface area contributed by atoms with E-state index in [1.165, 1.54) is 6.07 Å². The summed E-state index contributed by atoms with van der Waals surface area (Å²) in [4.78, 5) is 24.8. The number of primary amides is 1. The third-order valence-electron chi connectivity index (χ3n) is 2.45. The Hall–Kier alpha value is -2.14. The molecule has 0 spiro atoms. The van der Waals surface area contributed by atoms with Gasteiger partial charge in [-0.15, -0.1) is 0 Å². The number of carbonyl (C=O) groups excluding carboxylic acids is 1. The van der Waals surface area contributed by atoms with Crippen LogP contribution in [-0.2, 0) is 11.3 Å². The predicted molar refractivity (Wildman–Crippen MR) is 65.5 cm³/mol. The Morgan fingerprint density at radius 3 is 2.88 bits per heavy atom. The third-order valence-corrected chi connectivity index (χ3v) is 2.45. The zero-order valence-electron chi connectivity index (χ0n) is 9.19. The molecule has 5 heteroatoms. The number of H-pyrrole nitrogens is 1. The summed E-state index contributed by atoms with van der Waals surface area (Å²) >= 11 is 0. The fourth-order valence-corrected chi connectivity index (χ4v) is 1.74. The summed E-state index contributed by atoms with van der Waals surface area (Å²) in [5.74, 6) is -0.417. The molecular formula is C12H13N3O2. The van der Waals surface area contributed by atoms with Crippen molar-refractivity contribution < 1.29 is 4.79 Å². The molecule has 4 N–H and O–H groups in total. The summed E-state index contributed by atoms with van der Waals surface area (Å²) in [7, 11) is 0. The van der Waals surface area contributed by atoms with Crippen LogP contribution < -0.4 is 16.6 Å². The van der Waals surface area contributed by atoms with Gasteiger partial charge in [-0.3, -0.25) is 9.59 Å². The lowest BCUT2D eigenvalue weighted by atomic mass is 10.1. The van der Waals surface area contributed by atoms with E-state index >= 15 is 0 Å². The second-order valence-corrected chi connectivity index (χ2v) is 3.77. The SMILES string of the molecule is NC(=O)CNCc1cc(=O)[nH]c2ccccc12. The molecule has 2 rings (SSSR count). The number of benzene rings is 1. The van der Waals surface area contributed by atoms with Gasteiger partial charge >= 0.3 is 0 Å². The summed E-state index contributed by atoms with van der Waals surface area (Å²) in [6.45, 7) is 0.536. The molecule has 1 aromatic heterocycles. The molecule has 0 saturated heterocycles. The van der Waals surface area contributed by atoms with Crippen molar-refractivity contribution in [3.63, 3.8) is 0 Å². The van der Waals surface area contributed by atoms with Gasteiger partial charge in [0.2, 0.25) is 11.5 Å². The standard InChI is InChI=1S/C12H13N3O2/c13-11(16)7-14-6-8-5-12(17)15-10-4-2-1-3-9(8)10/h1-5,14H,6-7H2,(H2,13,16)(H,15,17). The second kappa shape index (κ2) is 4.80. The van der Waals surface area contributed by atoms with E-state index in [1.807, 2.05) is 24.3 Å². The van der Waals surface area contributed by atoms with Crippen molar-refractivity contribution in [2.45, 2.75) is 6.54 Å². The van der Waals surface area contributed by atoms with Gasteiger partial charge in [-0.25, -0.2) is 0 Å². The van der Waals surface area contributed by atoms with E-state index < -0.39 is 5.91 Å². The lowest BCUT2D eigenvalue weighted by Gasteiger charge is -2.06. The lowest BCUT2D eigenvalue weighted by Crippen LogP contribution is -2.28. The highest BCUT2D eigenvalue weighted by atomic mass is 16.1. The Bertz CT molecular complexity index is 604. The average molecular weight is 231 g/mol. The highest BCUT2D eigenvalue weighted by Gasteiger charge is 2.03. The lowest BCUT2D eigenvalue weighted by molar-refractivity contribution is -0.117. The maximum absolute atomic E-state index is 11.4. The van der Waals surface area contributed by atoms with Crippen molar-refractivity contribution in [3.8, 4) is 0 Å². The van der Waals surface area contributed by atoms with Crippen LogP contribution in [0.1, 0.15) is 5.56 Å². The number of hydrogen-bond acceptors (Lipinski definition) is 3. The third kappa shape index (κ3) is 2.70. The monoisotopic (exact) mass is 231 g/mol. The fraction of sp³-hybridized carbons (Fsp3) is 0.167. The van der Waals surface area contributed by atoms with E-state index in [2.05, 4.69) is 10.3 Å². The second-order valence-electron chi connectivity index (χ2n) is 3.77. The predicted octanol–water partition coefficient (Wildman–Crippen LogP) is 0.103. The number of nitrogens with one attached hydrogen (secondary N) is 2. The van der Waals surface area contributed by atoms with Crippen molar-refractivity contribution in [1.29, 1.82) is 0 Å². The topological polar surface area (TPSA) is 88.0 Å². The van der Waals surface area contributed by atoms with E-state index in [-0.39, 0.29) is 12.1 Å². The van der Waals surface area contributed by atoms with Crippen LogP contribution in [0.25, 0.3) is 10.9 Å². The largest absolute Gasteiger partial charge is 0.369 e. The number of aromatic amines is 1. The number of rotatable bonds is 4. The van der Waals surface area contributed by atoms with Gasteiger partial charge in [0.05, 0.1) is 6.54 Å². The Labute approximate surface area is 97.6 Å². The maximum atomic E-state index is 11.4. The molecule has 1 amide bonds. The van der Waals surface area contributed by atoms with E-state index in [4.69, 9.17) is 5.73 Å². The highest BCUT2D eigenvalue weighted by molar-refractivity contribution is 5.82. The van der Waals surface area contributed by atoms with Crippen LogP contribution >= 0.6 is 0 Å². The van der Waals surface area contributed by atoms with Crippen molar-refractivity contribution in [1.82, 2.24) is 10.3 Å². The van der Waals surface area contributed by atoms with Gasteiger partial charge in [-0.1, -0.05) is 18.2 Å². The Morgan fingerprint density at radius 2 is 2.12 bits per heavy atom. The smallest absolute Gasteiger partial charge is 0.248 e. The number of aromatic nitrogens is 1. The molecule has 0 unspecified atom stereocenters. The molecule has 0 atom stereocenters. The van der Waals surface area contributed by atoms with Gasteiger partial charge in [-0.2, -0.15) is 0 Å².